The molecule has 6 nitrogen and oxygen atoms in total. The fourth-order valence-electron chi connectivity index (χ4n) is 2.75. The number of hydrogen-bond donors (Lipinski definition) is 1. The van der Waals surface area contributed by atoms with Gasteiger partial charge in [0, 0.05) is 17.1 Å². The molecule has 0 atom stereocenters. The van der Waals surface area contributed by atoms with Crippen LogP contribution in [0.3, 0.4) is 0 Å². The van der Waals surface area contributed by atoms with E-state index in [9.17, 15) is 19.2 Å². The van der Waals surface area contributed by atoms with Crippen LogP contribution in [0.15, 0.2) is 18.2 Å². The molecule has 1 saturated carbocycles. The van der Waals surface area contributed by atoms with Crippen molar-refractivity contribution in [2.75, 3.05) is 6.54 Å². The molecule has 0 bridgehead atoms. The molecule has 1 aliphatic carbocycles. The molecule has 1 amide bonds. The van der Waals surface area contributed by atoms with E-state index in [1.807, 2.05) is 6.07 Å². The van der Waals surface area contributed by atoms with Crippen molar-refractivity contribution in [3.05, 3.63) is 34.3 Å². The van der Waals surface area contributed by atoms with Crippen molar-refractivity contribution in [3.8, 4) is 0 Å². The number of nitrogens with one attached hydrogen (secondary N) is 1. The summed E-state index contributed by atoms with van der Waals surface area (Å²) in [7, 11) is 0. The number of carbonyl (C=O) groups is 4. The Morgan fingerprint density at radius 1 is 1.19 bits per heavy atom. The average molecular weight is 394 g/mol. The van der Waals surface area contributed by atoms with Crippen LogP contribution in [0.4, 0.5) is 0 Å². The average Bonchev–Trinajstić information content (AvgIpc) is 3.35. The van der Waals surface area contributed by atoms with E-state index < -0.39 is 23.8 Å². The Morgan fingerprint density at radius 3 is 2.44 bits per heavy atom. The lowest BCUT2D eigenvalue weighted by atomic mass is 9.89. The second-order valence-electron chi connectivity index (χ2n) is 7.75. The minimum absolute atomic E-state index is 0.0675. The van der Waals surface area contributed by atoms with Gasteiger partial charge >= 0.3 is 11.9 Å². The number of amides is 1. The molecule has 0 heterocycles. The number of rotatable bonds is 8. The summed E-state index contributed by atoms with van der Waals surface area (Å²) in [4.78, 5) is 46.7. The van der Waals surface area contributed by atoms with Gasteiger partial charge in [-0.3, -0.25) is 19.2 Å². The van der Waals surface area contributed by atoms with Crippen molar-refractivity contribution in [1.29, 1.82) is 0 Å². The molecule has 1 N–H and O–H groups in total. The second-order valence-corrected chi connectivity index (χ2v) is 8.19. The second kappa shape index (κ2) is 8.65. The Labute approximate surface area is 163 Å². The van der Waals surface area contributed by atoms with Crippen molar-refractivity contribution in [1.82, 2.24) is 5.32 Å². The Balaban J connectivity index is 1.92. The number of ketones is 1. The smallest absolute Gasteiger partial charge is 0.320 e. The lowest BCUT2D eigenvalue weighted by Crippen LogP contribution is -2.36. The van der Waals surface area contributed by atoms with Gasteiger partial charge in [0.2, 0.25) is 0 Å². The SMILES string of the molecule is CC(=O)CC(=O)OC(=O)CC(C)(C)CNC(=O)c1cc(Cl)ccc1C1CC1. The molecule has 0 unspecified atom stereocenters. The van der Waals surface area contributed by atoms with E-state index in [1.165, 1.54) is 6.92 Å². The first-order valence-corrected chi connectivity index (χ1v) is 9.26. The zero-order valence-corrected chi connectivity index (χ0v) is 16.5. The maximum Gasteiger partial charge on any atom is 0.320 e. The number of hydrogen-bond acceptors (Lipinski definition) is 5. The van der Waals surface area contributed by atoms with Crippen LogP contribution >= 0.6 is 11.6 Å². The predicted molar refractivity (Wildman–Crippen MR) is 101 cm³/mol. The zero-order valence-electron chi connectivity index (χ0n) is 15.8. The van der Waals surface area contributed by atoms with Crippen molar-refractivity contribution in [3.63, 3.8) is 0 Å². The third kappa shape index (κ3) is 6.79. The molecule has 0 spiro atoms. The maximum atomic E-state index is 12.6. The monoisotopic (exact) mass is 393 g/mol. The molecular formula is C20H24ClNO5. The highest BCUT2D eigenvalue weighted by Gasteiger charge is 2.29. The van der Waals surface area contributed by atoms with Gasteiger partial charge in [-0.25, -0.2) is 0 Å². The van der Waals surface area contributed by atoms with Gasteiger partial charge in [-0.05, 0) is 48.8 Å². The van der Waals surface area contributed by atoms with Crippen molar-refractivity contribution < 1.29 is 23.9 Å². The van der Waals surface area contributed by atoms with Gasteiger partial charge in [-0.15, -0.1) is 0 Å². The minimum atomic E-state index is -0.861. The van der Waals surface area contributed by atoms with Crippen molar-refractivity contribution in [2.24, 2.45) is 5.41 Å². The van der Waals surface area contributed by atoms with Crippen LogP contribution in [0.2, 0.25) is 5.02 Å². The number of carbonyl (C=O) groups excluding carboxylic acids is 4. The molecule has 27 heavy (non-hydrogen) atoms. The van der Waals surface area contributed by atoms with Crippen LogP contribution in [-0.2, 0) is 19.1 Å². The van der Waals surface area contributed by atoms with Gasteiger partial charge in [0.25, 0.3) is 5.91 Å². The molecule has 7 heteroatoms. The first kappa shape index (κ1) is 21.1. The van der Waals surface area contributed by atoms with E-state index in [0.717, 1.165) is 18.4 Å². The molecule has 0 saturated heterocycles. The molecule has 0 aromatic heterocycles. The molecule has 1 aromatic carbocycles. The normalized spacial score (nSPS) is 13.8. The minimum Gasteiger partial charge on any atom is -0.393 e. The molecule has 1 aliphatic rings. The fraction of sp³-hybridized carbons (Fsp3) is 0.500. The van der Waals surface area contributed by atoms with Gasteiger partial charge in [0.15, 0.2) is 0 Å². The summed E-state index contributed by atoms with van der Waals surface area (Å²) in [6.45, 7) is 5.03. The molecule has 2 rings (SSSR count). The Bertz CT molecular complexity index is 768. The van der Waals surface area contributed by atoms with E-state index >= 15 is 0 Å². The topological polar surface area (TPSA) is 89.5 Å². The van der Waals surface area contributed by atoms with Crippen molar-refractivity contribution in [2.45, 2.75) is 52.4 Å². The fourth-order valence-corrected chi connectivity index (χ4v) is 2.92. The summed E-state index contributed by atoms with van der Waals surface area (Å²) in [5, 5.41) is 3.33. The summed E-state index contributed by atoms with van der Waals surface area (Å²) in [5.41, 5.74) is 0.922. The van der Waals surface area contributed by atoms with Crippen LogP contribution in [0, 0.1) is 5.41 Å². The van der Waals surface area contributed by atoms with Crippen LogP contribution in [0.5, 0.6) is 0 Å². The van der Waals surface area contributed by atoms with Gasteiger partial charge in [-0.1, -0.05) is 31.5 Å². The van der Waals surface area contributed by atoms with E-state index in [-0.39, 0.29) is 24.7 Å². The summed E-state index contributed by atoms with van der Waals surface area (Å²) in [6.07, 6.45) is 1.63. The van der Waals surface area contributed by atoms with Crippen LogP contribution in [0.25, 0.3) is 0 Å². The highest BCUT2D eigenvalue weighted by Crippen LogP contribution is 2.42. The van der Waals surface area contributed by atoms with Crippen LogP contribution < -0.4 is 5.32 Å². The number of esters is 2. The quantitative estimate of drug-likeness (QED) is 0.540. The van der Waals surface area contributed by atoms with E-state index in [4.69, 9.17) is 11.6 Å². The Kier molecular flexibility index (Phi) is 6.76. The Morgan fingerprint density at radius 2 is 1.85 bits per heavy atom. The third-order valence-electron chi connectivity index (χ3n) is 4.25. The maximum absolute atomic E-state index is 12.6. The summed E-state index contributed by atoms with van der Waals surface area (Å²) in [5.74, 6) is -1.79. The largest absolute Gasteiger partial charge is 0.393 e. The summed E-state index contributed by atoms with van der Waals surface area (Å²) >= 11 is 6.03. The van der Waals surface area contributed by atoms with Gasteiger partial charge in [0.1, 0.15) is 12.2 Å². The highest BCUT2D eigenvalue weighted by molar-refractivity contribution is 6.31. The zero-order chi connectivity index (χ0) is 20.2. The first-order valence-electron chi connectivity index (χ1n) is 8.88. The lowest BCUT2D eigenvalue weighted by Gasteiger charge is -2.24. The third-order valence-corrected chi connectivity index (χ3v) is 4.48. The van der Waals surface area contributed by atoms with E-state index in [0.29, 0.717) is 16.5 Å². The first-order chi connectivity index (χ1) is 12.6. The summed E-state index contributed by atoms with van der Waals surface area (Å²) in [6, 6.07) is 5.33. The van der Waals surface area contributed by atoms with Crippen LogP contribution in [-0.4, -0.2) is 30.2 Å². The van der Waals surface area contributed by atoms with E-state index in [1.54, 1.807) is 26.0 Å². The lowest BCUT2D eigenvalue weighted by molar-refractivity contribution is -0.161. The number of Topliss-reactive ketones (excluding diaryl/α,β-unsaturated/α-hetero) is 1. The van der Waals surface area contributed by atoms with Gasteiger partial charge in [-0.2, -0.15) is 0 Å². The Hall–Kier alpha value is -2.21. The predicted octanol–water partition coefficient (Wildman–Crippen LogP) is 3.41. The summed E-state index contributed by atoms with van der Waals surface area (Å²) < 4.78 is 4.63. The molecule has 146 valence electrons. The number of halogens is 1. The molecule has 0 aliphatic heterocycles. The van der Waals surface area contributed by atoms with Crippen LogP contribution in [0.1, 0.15) is 68.3 Å². The standard InChI is InChI=1S/C20H24ClNO5/c1-12(23)8-17(24)27-18(25)10-20(2,3)11-22-19(26)16-9-14(21)6-7-15(16)13-4-5-13/h6-7,9,13H,4-5,8,10-11H2,1-3H3,(H,22,26). The molecular weight excluding hydrogens is 370 g/mol. The molecule has 1 aromatic rings. The van der Waals surface area contributed by atoms with Crippen molar-refractivity contribution >= 4 is 35.2 Å². The molecule has 1 fully saturated rings. The highest BCUT2D eigenvalue weighted by atomic mass is 35.5. The number of ether oxygens (including phenoxy) is 1. The van der Waals surface area contributed by atoms with E-state index in [2.05, 4.69) is 10.1 Å². The number of benzene rings is 1. The van der Waals surface area contributed by atoms with Gasteiger partial charge in [0.05, 0.1) is 6.42 Å². The van der Waals surface area contributed by atoms with Gasteiger partial charge < -0.3 is 10.1 Å². The molecule has 0 radical (unpaired) electrons.